The molecule has 0 radical (unpaired) electrons. The highest BCUT2D eigenvalue weighted by atomic mass is 28.4. The maximum atomic E-state index is 14.8. The normalized spacial score (nSPS) is 13.3. The van der Waals surface area contributed by atoms with Crippen molar-refractivity contribution in [3.63, 3.8) is 0 Å². The molecule has 3 aromatic carbocycles. The van der Waals surface area contributed by atoms with E-state index in [1.165, 1.54) is 33.0 Å². The molecule has 3 aromatic rings. The molecule has 1 amide bonds. The van der Waals surface area contributed by atoms with Crippen LogP contribution in [-0.4, -0.2) is 75.2 Å². The number of amides is 1. The van der Waals surface area contributed by atoms with E-state index >= 15 is 0 Å². The fourth-order valence-electron chi connectivity index (χ4n) is 6.33. The Balaban J connectivity index is 1.82. The molecule has 0 aliphatic heterocycles. The van der Waals surface area contributed by atoms with Crippen molar-refractivity contribution < 1.29 is 33.0 Å². The van der Waals surface area contributed by atoms with Crippen molar-refractivity contribution in [3.05, 3.63) is 82.9 Å². The number of esters is 2. The summed E-state index contributed by atoms with van der Waals surface area (Å²) in [5, 5.41) is 2.21. The molecule has 0 spiro atoms. The predicted octanol–water partition coefficient (Wildman–Crippen LogP) is 10.5. The van der Waals surface area contributed by atoms with Gasteiger partial charge in [0.1, 0.15) is 5.60 Å². The second-order valence-corrected chi connectivity index (χ2v) is 22.5. The summed E-state index contributed by atoms with van der Waals surface area (Å²) in [6.45, 7) is 23.0. The zero-order valence-electron chi connectivity index (χ0n) is 36.4. The minimum absolute atomic E-state index is 0.0437. The molecule has 3 rings (SSSR count). The van der Waals surface area contributed by atoms with Gasteiger partial charge in [0.05, 0.1) is 13.0 Å². The number of carbonyl (C=O) groups is 3. The van der Waals surface area contributed by atoms with Gasteiger partial charge in [-0.05, 0) is 131 Å². The molecule has 0 fully saturated rings. The largest absolute Gasteiger partial charge is 0.466 e. The zero-order chi connectivity index (χ0) is 41.5. The molecule has 9 heteroatoms. The Hall–Kier alpha value is -3.53. The molecule has 0 bridgehead atoms. The number of benzene rings is 3. The van der Waals surface area contributed by atoms with Crippen LogP contribution in [-0.2, 0) is 45.9 Å². The first-order valence-electron chi connectivity index (χ1n) is 20.8. The quantitative estimate of drug-likeness (QED) is 0.0569. The fourth-order valence-corrected chi connectivity index (χ4v) is 7.54. The van der Waals surface area contributed by atoms with Gasteiger partial charge in [-0.1, -0.05) is 94.3 Å². The summed E-state index contributed by atoms with van der Waals surface area (Å²) in [4.78, 5) is 43.2. The topological polar surface area (TPSA) is 91.4 Å². The van der Waals surface area contributed by atoms with Gasteiger partial charge < -0.3 is 23.5 Å². The average Bonchev–Trinajstić information content (AvgIpc) is 3.11. The number of aryl methyl sites for hydroxylation is 4. The van der Waals surface area contributed by atoms with Gasteiger partial charge in [-0.15, -0.1) is 0 Å². The van der Waals surface area contributed by atoms with Crippen molar-refractivity contribution in [1.29, 1.82) is 0 Å². The van der Waals surface area contributed by atoms with Crippen LogP contribution in [0.25, 0.3) is 10.8 Å². The molecule has 0 aliphatic carbocycles. The molecule has 0 unspecified atom stereocenters. The maximum absolute atomic E-state index is 14.8. The van der Waals surface area contributed by atoms with Crippen molar-refractivity contribution in [2.24, 2.45) is 0 Å². The van der Waals surface area contributed by atoms with Gasteiger partial charge in [-0.25, -0.2) is 4.79 Å². The van der Waals surface area contributed by atoms with E-state index in [9.17, 15) is 14.4 Å². The van der Waals surface area contributed by atoms with Gasteiger partial charge in [-0.3, -0.25) is 9.59 Å². The Morgan fingerprint density at radius 2 is 1.34 bits per heavy atom. The minimum Gasteiger partial charge on any atom is -0.466 e. The molecule has 0 saturated carbocycles. The Kier molecular flexibility index (Phi) is 18.3. The van der Waals surface area contributed by atoms with Crippen molar-refractivity contribution in [2.75, 3.05) is 26.3 Å². The number of fused-ring (bicyclic) bond motifs is 1. The minimum atomic E-state index is -2.61. The van der Waals surface area contributed by atoms with Crippen LogP contribution in [0.1, 0.15) is 116 Å². The zero-order valence-corrected chi connectivity index (χ0v) is 37.4. The summed E-state index contributed by atoms with van der Waals surface area (Å²) in [5.74, 6) is -1.35. The first kappa shape index (κ1) is 46.8. The summed E-state index contributed by atoms with van der Waals surface area (Å²) in [6.07, 6.45) is 4.59. The lowest BCUT2D eigenvalue weighted by molar-refractivity contribution is -0.178. The van der Waals surface area contributed by atoms with Crippen LogP contribution in [0.4, 0.5) is 0 Å². The van der Waals surface area contributed by atoms with Crippen LogP contribution < -0.4 is 0 Å². The summed E-state index contributed by atoms with van der Waals surface area (Å²) in [7, 11) is -2.61. The van der Waals surface area contributed by atoms with Gasteiger partial charge in [0.25, 0.3) is 5.91 Å². The van der Waals surface area contributed by atoms with E-state index in [0.29, 0.717) is 13.0 Å². The van der Waals surface area contributed by atoms with Crippen LogP contribution in [0, 0.1) is 13.8 Å². The number of hydrogen-bond acceptors (Lipinski definition) is 7. The Morgan fingerprint density at radius 1 is 0.714 bits per heavy atom. The van der Waals surface area contributed by atoms with Gasteiger partial charge >= 0.3 is 11.9 Å². The van der Waals surface area contributed by atoms with E-state index in [1.54, 1.807) is 11.8 Å². The standard InChI is InChI=1S/C47H71NO7Si/c1-12-52-41(49)29-31-48(30-19-13-15-22-38-27-28-39-23-17-18-24-40(39)34-38)44(50)42(53-32-20-14-16-21-37-26-25-35(2)36(3)33-37)43(45(51)54-46(4,5)6)55-56(10,11)47(7,8)9/h17-18,23-28,33-34,42-43H,12-16,19-22,29-32H2,1-11H3/t42-,43-/m1/s1. The van der Waals surface area contributed by atoms with E-state index in [4.69, 9.17) is 18.6 Å². The van der Waals surface area contributed by atoms with Crippen molar-refractivity contribution in [2.45, 2.75) is 156 Å². The monoisotopic (exact) mass is 789 g/mol. The molecule has 0 aliphatic rings. The van der Waals surface area contributed by atoms with Gasteiger partial charge in [0.2, 0.25) is 0 Å². The van der Waals surface area contributed by atoms with E-state index in [1.807, 2.05) is 20.8 Å². The van der Waals surface area contributed by atoms with Crippen LogP contribution in [0.15, 0.2) is 60.7 Å². The second kappa shape index (κ2) is 21.8. The van der Waals surface area contributed by atoms with E-state index in [-0.39, 0.29) is 43.1 Å². The highest BCUT2D eigenvalue weighted by Gasteiger charge is 2.47. The molecule has 2 atom stereocenters. The molecule has 56 heavy (non-hydrogen) atoms. The molecular weight excluding hydrogens is 719 g/mol. The summed E-state index contributed by atoms with van der Waals surface area (Å²) < 4.78 is 24.5. The van der Waals surface area contributed by atoms with Gasteiger partial charge in [0.15, 0.2) is 20.5 Å². The first-order valence-corrected chi connectivity index (χ1v) is 23.7. The Bertz CT molecular complexity index is 1710. The molecule has 0 N–H and O–H groups in total. The highest BCUT2D eigenvalue weighted by molar-refractivity contribution is 6.74. The fraction of sp³-hybridized carbons (Fsp3) is 0.596. The van der Waals surface area contributed by atoms with Crippen LogP contribution >= 0.6 is 0 Å². The third kappa shape index (κ3) is 15.4. The lowest BCUT2D eigenvalue weighted by Crippen LogP contribution is -2.57. The van der Waals surface area contributed by atoms with Crippen LogP contribution in [0.2, 0.25) is 18.1 Å². The number of ether oxygens (including phenoxy) is 3. The van der Waals surface area contributed by atoms with E-state index in [2.05, 4.69) is 108 Å². The number of unbranched alkanes of at least 4 members (excludes halogenated alkanes) is 4. The maximum Gasteiger partial charge on any atom is 0.337 e. The van der Waals surface area contributed by atoms with Crippen molar-refractivity contribution in [3.8, 4) is 0 Å². The highest BCUT2D eigenvalue weighted by Crippen LogP contribution is 2.38. The smallest absolute Gasteiger partial charge is 0.337 e. The first-order chi connectivity index (χ1) is 26.3. The second-order valence-electron chi connectivity index (χ2n) is 17.7. The van der Waals surface area contributed by atoms with E-state index < -0.39 is 32.1 Å². The number of nitrogens with zero attached hydrogens (tertiary/aromatic N) is 1. The Morgan fingerprint density at radius 3 is 1.96 bits per heavy atom. The summed E-state index contributed by atoms with van der Waals surface area (Å²) >= 11 is 0. The average molecular weight is 790 g/mol. The molecule has 0 heterocycles. The number of hydrogen-bond donors (Lipinski definition) is 0. The van der Waals surface area contributed by atoms with Crippen LogP contribution in [0.3, 0.4) is 0 Å². The summed E-state index contributed by atoms with van der Waals surface area (Å²) in [5.41, 5.74) is 4.37. The van der Waals surface area contributed by atoms with Crippen LogP contribution in [0.5, 0.6) is 0 Å². The number of carbonyl (C=O) groups excluding carboxylic acids is 3. The van der Waals surface area contributed by atoms with Crippen molar-refractivity contribution >= 4 is 36.9 Å². The number of rotatable bonds is 22. The molecular formula is C47H71NO7Si. The van der Waals surface area contributed by atoms with Gasteiger partial charge in [0, 0.05) is 19.7 Å². The molecule has 310 valence electrons. The molecule has 8 nitrogen and oxygen atoms in total. The predicted molar refractivity (Wildman–Crippen MR) is 230 cm³/mol. The molecule has 0 saturated heterocycles. The third-order valence-electron chi connectivity index (χ3n) is 10.8. The van der Waals surface area contributed by atoms with E-state index in [0.717, 1.165) is 44.9 Å². The lowest BCUT2D eigenvalue weighted by atomic mass is 10.0. The molecule has 0 aromatic heterocycles. The Labute approximate surface area is 339 Å². The SMILES string of the molecule is CCOC(=O)CCN(CCCCCc1ccc2ccccc2c1)C(=O)[C@H](OCCCCCc1ccc(C)c(C)c1)[C@@H](O[Si](C)(C)C(C)(C)C)C(=O)OC(C)(C)C. The van der Waals surface area contributed by atoms with Gasteiger partial charge in [-0.2, -0.15) is 0 Å². The summed E-state index contributed by atoms with van der Waals surface area (Å²) in [6, 6.07) is 21.6. The lowest BCUT2D eigenvalue weighted by Gasteiger charge is -2.41. The third-order valence-corrected chi connectivity index (χ3v) is 15.2. The van der Waals surface area contributed by atoms with Crippen molar-refractivity contribution in [1.82, 2.24) is 4.90 Å².